The standard InChI is InChI=1S/C16H10ClN3O3S/c17-14-11(20-5-6-24-16(20)19-14)7-9(8-13(21)22)15-18-10-3-1-2-4-12(10)23-15/h1-7H,8H2,(H,21,22)/b9-7+. The third-order valence-corrected chi connectivity index (χ3v) is 4.51. The average Bonchev–Trinajstić information content (AvgIpc) is 3.22. The number of nitrogens with zero attached hydrogens (tertiary/aromatic N) is 3. The molecule has 0 amide bonds. The number of thiazole rings is 1. The van der Waals surface area contributed by atoms with Gasteiger partial charge in [-0.05, 0) is 18.2 Å². The number of carboxylic acid groups (broad SMARTS) is 1. The van der Waals surface area contributed by atoms with Gasteiger partial charge >= 0.3 is 5.97 Å². The van der Waals surface area contributed by atoms with E-state index >= 15 is 0 Å². The molecule has 6 nitrogen and oxygen atoms in total. The number of rotatable bonds is 4. The smallest absolute Gasteiger partial charge is 0.308 e. The summed E-state index contributed by atoms with van der Waals surface area (Å²) in [4.78, 5) is 20.6. The van der Waals surface area contributed by atoms with Gasteiger partial charge in [0.1, 0.15) is 5.52 Å². The van der Waals surface area contributed by atoms with Gasteiger partial charge in [-0.1, -0.05) is 23.7 Å². The van der Waals surface area contributed by atoms with E-state index in [9.17, 15) is 9.90 Å². The Labute approximate surface area is 144 Å². The SMILES string of the molecule is O=C(O)C/C(=C\c1c(Cl)nc2sccn12)c1nc2ccccc2o1. The van der Waals surface area contributed by atoms with Crippen molar-refractivity contribution in [2.24, 2.45) is 0 Å². The number of fused-ring (bicyclic) bond motifs is 2. The van der Waals surface area contributed by atoms with Gasteiger partial charge in [0.05, 0.1) is 12.1 Å². The Morgan fingerprint density at radius 3 is 3.00 bits per heavy atom. The number of imidazole rings is 1. The van der Waals surface area contributed by atoms with Crippen LogP contribution in [0.3, 0.4) is 0 Å². The second kappa shape index (κ2) is 5.77. The summed E-state index contributed by atoms with van der Waals surface area (Å²) >= 11 is 7.63. The van der Waals surface area contributed by atoms with Crippen LogP contribution in [0.1, 0.15) is 18.0 Å². The number of carbonyl (C=O) groups is 1. The van der Waals surface area contributed by atoms with Crippen LogP contribution in [0.15, 0.2) is 40.3 Å². The molecule has 0 fully saturated rings. The molecule has 0 atom stereocenters. The number of aliphatic carboxylic acids is 1. The maximum Gasteiger partial charge on any atom is 0.308 e. The number of oxazole rings is 1. The second-order valence-electron chi connectivity index (χ2n) is 5.07. The summed E-state index contributed by atoms with van der Waals surface area (Å²) in [5.74, 6) is -0.717. The average molecular weight is 360 g/mol. The Balaban J connectivity index is 1.88. The van der Waals surface area contributed by atoms with Crippen LogP contribution in [-0.2, 0) is 4.79 Å². The third kappa shape index (κ3) is 2.57. The number of hydrogen-bond donors (Lipinski definition) is 1. The molecule has 3 heterocycles. The van der Waals surface area contributed by atoms with E-state index in [4.69, 9.17) is 16.0 Å². The van der Waals surface area contributed by atoms with E-state index in [2.05, 4.69) is 9.97 Å². The van der Waals surface area contributed by atoms with Crippen molar-refractivity contribution >= 4 is 56.6 Å². The molecule has 3 aromatic heterocycles. The van der Waals surface area contributed by atoms with Gasteiger partial charge in [-0.15, -0.1) is 11.3 Å². The zero-order valence-electron chi connectivity index (χ0n) is 12.1. The zero-order chi connectivity index (χ0) is 16.7. The first-order valence-electron chi connectivity index (χ1n) is 7.01. The van der Waals surface area contributed by atoms with Crippen molar-refractivity contribution in [1.82, 2.24) is 14.4 Å². The molecule has 0 aliphatic rings. The van der Waals surface area contributed by atoms with Crippen LogP contribution in [0.25, 0.3) is 27.7 Å². The monoisotopic (exact) mass is 359 g/mol. The van der Waals surface area contributed by atoms with E-state index in [1.807, 2.05) is 29.8 Å². The summed E-state index contributed by atoms with van der Waals surface area (Å²) in [6.07, 6.45) is 3.25. The molecule has 8 heteroatoms. The minimum atomic E-state index is -0.981. The first-order valence-corrected chi connectivity index (χ1v) is 8.27. The van der Waals surface area contributed by atoms with E-state index < -0.39 is 5.97 Å². The Hall–Kier alpha value is -2.64. The Kier molecular flexibility index (Phi) is 3.59. The molecule has 0 spiro atoms. The van der Waals surface area contributed by atoms with Crippen molar-refractivity contribution in [3.05, 3.63) is 52.6 Å². The molecular weight excluding hydrogens is 350 g/mol. The van der Waals surface area contributed by atoms with E-state index in [0.717, 1.165) is 4.96 Å². The molecule has 0 aliphatic heterocycles. The molecular formula is C16H10ClN3O3S. The topological polar surface area (TPSA) is 80.6 Å². The van der Waals surface area contributed by atoms with Crippen molar-refractivity contribution in [2.45, 2.75) is 6.42 Å². The summed E-state index contributed by atoms with van der Waals surface area (Å²) in [7, 11) is 0. The highest BCUT2D eigenvalue weighted by Gasteiger charge is 2.17. The molecule has 1 N–H and O–H groups in total. The van der Waals surface area contributed by atoms with Gasteiger partial charge in [0.2, 0.25) is 5.89 Å². The summed E-state index contributed by atoms with van der Waals surface area (Å²) in [6.45, 7) is 0. The predicted octanol–water partition coefficient (Wildman–Crippen LogP) is 4.21. The van der Waals surface area contributed by atoms with Crippen molar-refractivity contribution in [2.75, 3.05) is 0 Å². The third-order valence-electron chi connectivity index (χ3n) is 3.48. The lowest BCUT2D eigenvalue weighted by Gasteiger charge is -2.00. The maximum atomic E-state index is 11.3. The van der Waals surface area contributed by atoms with Gasteiger partial charge in [-0.25, -0.2) is 9.97 Å². The minimum Gasteiger partial charge on any atom is -0.481 e. The summed E-state index contributed by atoms with van der Waals surface area (Å²) in [5, 5.41) is 11.4. The van der Waals surface area contributed by atoms with E-state index in [1.165, 1.54) is 11.3 Å². The van der Waals surface area contributed by atoms with Crippen LogP contribution in [0, 0.1) is 0 Å². The largest absolute Gasteiger partial charge is 0.481 e. The van der Waals surface area contributed by atoms with Gasteiger partial charge in [0.15, 0.2) is 15.7 Å². The minimum absolute atomic E-state index is 0.236. The number of para-hydroxylation sites is 2. The van der Waals surface area contributed by atoms with Crippen molar-refractivity contribution in [3.8, 4) is 0 Å². The first-order chi connectivity index (χ1) is 11.6. The van der Waals surface area contributed by atoms with Gasteiger partial charge in [0.25, 0.3) is 0 Å². The second-order valence-corrected chi connectivity index (χ2v) is 6.30. The Morgan fingerprint density at radius 1 is 1.38 bits per heavy atom. The summed E-state index contributed by atoms with van der Waals surface area (Å²) in [6, 6.07) is 7.27. The lowest BCUT2D eigenvalue weighted by Crippen LogP contribution is -1.98. The van der Waals surface area contributed by atoms with Crippen molar-refractivity contribution in [1.29, 1.82) is 0 Å². The lowest BCUT2D eigenvalue weighted by atomic mass is 10.1. The van der Waals surface area contributed by atoms with Gasteiger partial charge in [0, 0.05) is 17.2 Å². The fourth-order valence-corrected chi connectivity index (χ4v) is 3.43. The van der Waals surface area contributed by atoms with E-state index in [1.54, 1.807) is 16.5 Å². The molecule has 0 saturated carbocycles. The van der Waals surface area contributed by atoms with Crippen LogP contribution in [0.5, 0.6) is 0 Å². The number of hydrogen-bond acceptors (Lipinski definition) is 5. The molecule has 1 aromatic carbocycles. The van der Waals surface area contributed by atoms with Gasteiger partial charge in [-0.2, -0.15) is 0 Å². The predicted molar refractivity (Wildman–Crippen MR) is 92.2 cm³/mol. The van der Waals surface area contributed by atoms with Crippen molar-refractivity contribution < 1.29 is 14.3 Å². The van der Waals surface area contributed by atoms with Gasteiger partial charge in [-0.3, -0.25) is 9.20 Å². The normalized spacial score (nSPS) is 12.3. The first kappa shape index (κ1) is 14.9. The fraction of sp³-hybridized carbons (Fsp3) is 0.0625. The number of benzene rings is 1. The zero-order valence-corrected chi connectivity index (χ0v) is 13.7. The lowest BCUT2D eigenvalue weighted by molar-refractivity contribution is -0.135. The highest BCUT2D eigenvalue weighted by Crippen LogP contribution is 2.29. The highest BCUT2D eigenvalue weighted by atomic mass is 35.5. The number of carboxylic acids is 1. The van der Waals surface area contributed by atoms with Crippen LogP contribution < -0.4 is 0 Å². The summed E-state index contributed by atoms with van der Waals surface area (Å²) in [5.41, 5.74) is 2.30. The van der Waals surface area contributed by atoms with Gasteiger partial charge < -0.3 is 9.52 Å². The fourth-order valence-electron chi connectivity index (χ4n) is 2.43. The van der Waals surface area contributed by atoms with Crippen molar-refractivity contribution in [3.63, 3.8) is 0 Å². The van der Waals surface area contributed by atoms with E-state index in [-0.39, 0.29) is 12.3 Å². The Bertz CT molecular complexity index is 1060. The molecule has 0 saturated heterocycles. The number of aromatic nitrogens is 3. The number of halogens is 1. The molecule has 4 rings (SSSR count). The molecule has 0 radical (unpaired) electrons. The highest BCUT2D eigenvalue weighted by molar-refractivity contribution is 7.15. The Morgan fingerprint density at radius 2 is 2.21 bits per heavy atom. The maximum absolute atomic E-state index is 11.3. The quantitative estimate of drug-likeness (QED) is 0.590. The molecule has 0 unspecified atom stereocenters. The molecule has 0 bridgehead atoms. The molecule has 0 aliphatic carbocycles. The van der Waals surface area contributed by atoms with Crippen LogP contribution in [0.2, 0.25) is 5.15 Å². The van der Waals surface area contributed by atoms with Crippen LogP contribution in [-0.4, -0.2) is 25.4 Å². The summed E-state index contributed by atoms with van der Waals surface area (Å²) < 4.78 is 7.50. The molecule has 24 heavy (non-hydrogen) atoms. The van der Waals surface area contributed by atoms with Crippen LogP contribution in [0.4, 0.5) is 0 Å². The molecule has 4 aromatic rings. The van der Waals surface area contributed by atoms with Crippen LogP contribution >= 0.6 is 22.9 Å². The van der Waals surface area contributed by atoms with E-state index in [0.29, 0.717) is 27.5 Å². The molecule has 120 valence electrons.